The van der Waals surface area contributed by atoms with Crippen molar-refractivity contribution in [3.63, 3.8) is 0 Å². The number of hydrogen-bond acceptors (Lipinski definition) is 2. The van der Waals surface area contributed by atoms with Crippen molar-refractivity contribution >= 4 is 45.4 Å². The average molecular weight is 476 g/mol. The summed E-state index contributed by atoms with van der Waals surface area (Å²) in [7, 11) is 3.95. The number of anilines is 2. The average Bonchev–Trinajstić information content (AvgIpc) is 2.96. The van der Waals surface area contributed by atoms with Gasteiger partial charge in [-0.2, -0.15) is 0 Å². The maximum absolute atomic E-state index is 13.3. The molecule has 144 valence electrons. The molecule has 0 spiro atoms. The van der Waals surface area contributed by atoms with Gasteiger partial charge in [0.15, 0.2) is 0 Å². The minimum atomic E-state index is 0.0510. The molecule has 27 heavy (non-hydrogen) atoms. The first-order chi connectivity index (χ1) is 13.0. The second kappa shape index (κ2) is 9.40. The Morgan fingerprint density at radius 2 is 1.78 bits per heavy atom. The number of allylic oxidation sites excluding steroid dienone is 1. The van der Waals surface area contributed by atoms with Gasteiger partial charge in [0.2, 0.25) is 0 Å². The summed E-state index contributed by atoms with van der Waals surface area (Å²) in [5.74, 6) is 0.0510. The normalized spacial score (nSPS) is 14.5. The Morgan fingerprint density at radius 3 is 2.37 bits per heavy atom. The van der Waals surface area contributed by atoms with E-state index in [1.807, 2.05) is 60.0 Å². The zero-order valence-electron chi connectivity index (χ0n) is 17.1. The number of hydrogen-bond donors (Lipinski definition) is 0. The minimum absolute atomic E-state index is 0.0510. The first-order valence-corrected chi connectivity index (χ1v) is 11.4. The van der Waals surface area contributed by atoms with Crippen LogP contribution in [-0.2, 0) is 11.2 Å². The highest BCUT2D eigenvalue weighted by molar-refractivity contribution is 14.1. The van der Waals surface area contributed by atoms with E-state index in [1.54, 1.807) is 0 Å². The second-order valence-electron chi connectivity index (χ2n) is 6.87. The molecule has 0 atom stereocenters. The fraction of sp³-hybridized carbons (Fsp3) is 0.348. The summed E-state index contributed by atoms with van der Waals surface area (Å²) in [4.78, 5) is 19.1. The minimum Gasteiger partial charge on any atom is -0.381 e. The monoisotopic (exact) mass is 476 g/mol. The number of benzene rings is 2. The summed E-state index contributed by atoms with van der Waals surface area (Å²) in [6.45, 7) is 6.32. The van der Waals surface area contributed by atoms with Crippen LogP contribution >= 0.6 is 22.6 Å². The first-order valence-electron chi connectivity index (χ1n) is 9.25. The molecule has 1 amide bonds. The number of rotatable bonds is 4. The van der Waals surface area contributed by atoms with Crippen LogP contribution in [0.15, 0.2) is 48.2 Å². The van der Waals surface area contributed by atoms with Gasteiger partial charge in [-0.1, -0.05) is 60.2 Å². The number of para-hydroxylation sites is 1. The Labute approximate surface area is 177 Å². The lowest BCUT2D eigenvalue weighted by Crippen LogP contribution is -2.22. The summed E-state index contributed by atoms with van der Waals surface area (Å²) in [5.41, 5.74) is 7.28. The predicted octanol–water partition coefficient (Wildman–Crippen LogP) is 5.97. The molecule has 0 saturated heterocycles. The van der Waals surface area contributed by atoms with E-state index in [0.29, 0.717) is 0 Å². The standard InChI is InChI=1S/C22H26N2O.CH3I/c1-6-9-17-12-13-18(14-15(17)2)24-20-11-8-7-10-19(20)21(22(24)25)16(3)23(4)5;1-2/h7-8,10-14H,6,9H2,1-5H3;1H3/b21-16-;. The molecule has 1 aliphatic rings. The van der Waals surface area contributed by atoms with Gasteiger partial charge in [0.1, 0.15) is 0 Å². The van der Waals surface area contributed by atoms with Crippen molar-refractivity contribution in [2.75, 3.05) is 23.9 Å². The molecule has 0 aliphatic carbocycles. The largest absolute Gasteiger partial charge is 0.381 e. The molecule has 0 N–H and O–H groups in total. The number of halogens is 1. The van der Waals surface area contributed by atoms with Gasteiger partial charge >= 0.3 is 0 Å². The number of aryl methyl sites for hydroxylation is 2. The third-order valence-corrected chi connectivity index (χ3v) is 4.97. The van der Waals surface area contributed by atoms with E-state index in [9.17, 15) is 4.79 Å². The Morgan fingerprint density at radius 1 is 1.11 bits per heavy atom. The molecular formula is C23H29IN2O. The van der Waals surface area contributed by atoms with Crippen LogP contribution in [0.25, 0.3) is 5.57 Å². The van der Waals surface area contributed by atoms with Crippen LogP contribution < -0.4 is 4.90 Å². The van der Waals surface area contributed by atoms with E-state index >= 15 is 0 Å². The summed E-state index contributed by atoms with van der Waals surface area (Å²) in [6, 6.07) is 14.4. The van der Waals surface area contributed by atoms with Crippen molar-refractivity contribution in [1.29, 1.82) is 0 Å². The molecule has 1 aliphatic heterocycles. The molecule has 0 saturated carbocycles. The van der Waals surface area contributed by atoms with E-state index in [-0.39, 0.29) is 5.91 Å². The van der Waals surface area contributed by atoms with Crippen molar-refractivity contribution < 1.29 is 4.79 Å². The van der Waals surface area contributed by atoms with E-state index in [2.05, 4.69) is 54.6 Å². The van der Waals surface area contributed by atoms with Gasteiger partial charge in [-0.3, -0.25) is 9.69 Å². The van der Waals surface area contributed by atoms with Crippen LogP contribution in [0.1, 0.15) is 37.0 Å². The third kappa shape index (κ3) is 4.21. The van der Waals surface area contributed by atoms with Crippen molar-refractivity contribution in [2.45, 2.75) is 33.6 Å². The maximum atomic E-state index is 13.3. The molecule has 3 nitrogen and oxygen atoms in total. The molecule has 0 radical (unpaired) electrons. The highest BCUT2D eigenvalue weighted by atomic mass is 127. The number of carbonyl (C=O) groups excluding carboxylic acids is 1. The molecule has 1 heterocycles. The van der Waals surface area contributed by atoms with E-state index in [0.717, 1.165) is 41.1 Å². The van der Waals surface area contributed by atoms with Gasteiger partial charge in [-0.15, -0.1) is 0 Å². The zero-order valence-corrected chi connectivity index (χ0v) is 19.3. The predicted molar refractivity (Wildman–Crippen MR) is 125 cm³/mol. The van der Waals surface area contributed by atoms with Crippen molar-refractivity contribution in [2.24, 2.45) is 0 Å². The van der Waals surface area contributed by atoms with Crippen molar-refractivity contribution in [3.05, 3.63) is 64.9 Å². The number of amides is 1. The van der Waals surface area contributed by atoms with E-state index in [4.69, 9.17) is 0 Å². The summed E-state index contributed by atoms with van der Waals surface area (Å²) < 4.78 is 0. The maximum Gasteiger partial charge on any atom is 0.265 e. The lowest BCUT2D eigenvalue weighted by atomic mass is 10.0. The van der Waals surface area contributed by atoms with Crippen LogP contribution in [0, 0.1) is 6.92 Å². The summed E-state index contributed by atoms with van der Waals surface area (Å²) >= 11 is 2.15. The topological polar surface area (TPSA) is 23.6 Å². The molecule has 0 bridgehead atoms. The second-order valence-corrected chi connectivity index (χ2v) is 6.87. The lowest BCUT2D eigenvalue weighted by Gasteiger charge is -2.20. The Bertz CT molecular complexity index is 855. The van der Waals surface area contributed by atoms with Crippen LogP contribution in [-0.4, -0.2) is 29.8 Å². The quantitative estimate of drug-likeness (QED) is 0.309. The van der Waals surface area contributed by atoms with E-state index in [1.165, 1.54) is 11.1 Å². The fourth-order valence-electron chi connectivity index (χ4n) is 3.42. The SMILES string of the molecule is CCCc1ccc(N2C(=O)/C(=C(/C)N(C)C)c3ccccc32)cc1C.CI. The zero-order chi connectivity index (χ0) is 20.1. The first kappa shape index (κ1) is 21.5. The Kier molecular flexibility index (Phi) is 7.48. The molecule has 2 aromatic rings. The molecule has 3 rings (SSSR count). The number of fused-ring (bicyclic) bond motifs is 1. The number of nitrogens with zero attached hydrogens (tertiary/aromatic N) is 2. The summed E-state index contributed by atoms with van der Waals surface area (Å²) in [6.07, 6.45) is 2.20. The molecule has 0 fully saturated rings. The third-order valence-electron chi connectivity index (χ3n) is 4.97. The molecule has 0 unspecified atom stereocenters. The smallest absolute Gasteiger partial charge is 0.265 e. The summed E-state index contributed by atoms with van der Waals surface area (Å²) in [5, 5.41) is 0. The van der Waals surface area contributed by atoms with Gasteiger partial charge in [0.05, 0.1) is 11.3 Å². The number of alkyl halides is 1. The molecular weight excluding hydrogens is 447 g/mol. The van der Waals surface area contributed by atoms with Crippen molar-refractivity contribution in [1.82, 2.24) is 4.90 Å². The lowest BCUT2D eigenvalue weighted by molar-refractivity contribution is -0.112. The van der Waals surface area contributed by atoms with Crippen LogP contribution in [0.5, 0.6) is 0 Å². The van der Waals surface area contributed by atoms with Gasteiger partial charge in [0.25, 0.3) is 5.91 Å². The van der Waals surface area contributed by atoms with Crippen LogP contribution in [0.2, 0.25) is 0 Å². The van der Waals surface area contributed by atoms with E-state index < -0.39 is 0 Å². The Balaban J connectivity index is 0.00000126. The van der Waals surface area contributed by atoms with Crippen molar-refractivity contribution in [3.8, 4) is 0 Å². The number of carbonyl (C=O) groups is 1. The van der Waals surface area contributed by atoms with Gasteiger partial charge in [-0.25, -0.2) is 0 Å². The van der Waals surface area contributed by atoms with Gasteiger partial charge in [0, 0.05) is 31.0 Å². The molecule has 4 heteroatoms. The molecule has 2 aromatic carbocycles. The van der Waals surface area contributed by atoms with Gasteiger partial charge in [-0.05, 0) is 54.5 Å². The highest BCUT2D eigenvalue weighted by Crippen LogP contribution is 2.43. The highest BCUT2D eigenvalue weighted by Gasteiger charge is 2.35. The van der Waals surface area contributed by atoms with Crippen LogP contribution in [0.3, 0.4) is 0 Å². The fourth-order valence-corrected chi connectivity index (χ4v) is 3.42. The molecule has 0 aromatic heterocycles. The van der Waals surface area contributed by atoms with Gasteiger partial charge < -0.3 is 4.90 Å². The van der Waals surface area contributed by atoms with Crippen LogP contribution in [0.4, 0.5) is 11.4 Å². The Hall–Kier alpha value is -1.82.